The van der Waals surface area contributed by atoms with Gasteiger partial charge in [0.25, 0.3) is 0 Å². The van der Waals surface area contributed by atoms with E-state index >= 15 is 0 Å². The van der Waals surface area contributed by atoms with Gasteiger partial charge >= 0.3 is 0 Å². The first kappa shape index (κ1) is 18.7. The van der Waals surface area contributed by atoms with Crippen molar-refractivity contribution in [2.24, 2.45) is 0 Å². The molecule has 0 unspecified atom stereocenters. The number of nitrogens with zero attached hydrogens (tertiary/aromatic N) is 1. The zero-order valence-electron chi connectivity index (χ0n) is 15.2. The van der Waals surface area contributed by atoms with Crippen LogP contribution in [-0.2, 0) is 22.6 Å². The normalized spacial score (nSPS) is 10.4. The van der Waals surface area contributed by atoms with Crippen molar-refractivity contribution < 1.29 is 9.59 Å². The van der Waals surface area contributed by atoms with Crippen LogP contribution in [0.3, 0.4) is 0 Å². The van der Waals surface area contributed by atoms with Crippen molar-refractivity contribution in [3.63, 3.8) is 0 Å². The lowest BCUT2D eigenvalue weighted by atomic mass is 10.1. The van der Waals surface area contributed by atoms with Crippen molar-refractivity contribution in [1.82, 2.24) is 10.2 Å². The molecule has 0 aliphatic carbocycles. The molecule has 0 spiro atoms. The summed E-state index contributed by atoms with van der Waals surface area (Å²) in [6, 6.07) is 16.0. The van der Waals surface area contributed by atoms with Crippen LogP contribution >= 0.6 is 0 Å². The molecule has 0 aromatic heterocycles. The summed E-state index contributed by atoms with van der Waals surface area (Å²) in [5.74, 6) is -0.0147. The van der Waals surface area contributed by atoms with Gasteiger partial charge in [-0.1, -0.05) is 59.7 Å². The molecule has 132 valence electrons. The Bertz CT molecular complexity index is 740. The first-order valence-electron chi connectivity index (χ1n) is 8.57. The van der Waals surface area contributed by atoms with Crippen LogP contribution in [0.25, 0.3) is 0 Å². The Morgan fingerprint density at radius 3 is 2.16 bits per heavy atom. The third-order valence-electron chi connectivity index (χ3n) is 4.05. The molecule has 2 rings (SSSR count). The summed E-state index contributed by atoms with van der Waals surface area (Å²) in [7, 11) is 0. The van der Waals surface area contributed by atoms with Crippen LogP contribution in [0.15, 0.2) is 48.5 Å². The van der Waals surface area contributed by atoms with Crippen molar-refractivity contribution in [3.05, 3.63) is 70.8 Å². The minimum absolute atomic E-state index is 0.00874. The van der Waals surface area contributed by atoms with Crippen LogP contribution in [0, 0.1) is 13.8 Å². The Balaban J connectivity index is 1.82. The summed E-state index contributed by atoms with van der Waals surface area (Å²) < 4.78 is 0. The Hall–Kier alpha value is -2.62. The molecule has 4 nitrogen and oxygen atoms in total. The van der Waals surface area contributed by atoms with Gasteiger partial charge in [0.05, 0.1) is 6.42 Å². The van der Waals surface area contributed by atoms with Gasteiger partial charge in [-0.3, -0.25) is 9.59 Å². The lowest BCUT2D eigenvalue weighted by Crippen LogP contribution is -2.37. The molecule has 25 heavy (non-hydrogen) atoms. The molecule has 0 saturated heterocycles. The fourth-order valence-electron chi connectivity index (χ4n) is 2.78. The van der Waals surface area contributed by atoms with Crippen molar-refractivity contribution in [2.45, 2.75) is 33.7 Å². The van der Waals surface area contributed by atoms with Gasteiger partial charge in [-0.2, -0.15) is 0 Å². The van der Waals surface area contributed by atoms with Crippen LogP contribution in [-0.4, -0.2) is 29.8 Å². The van der Waals surface area contributed by atoms with Crippen LogP contribution < -0.4 is 5.32 Å². The van der Waals surface area contributed by atoms with Gasteiger partial charge in [-0.15, -0.1) is 0 Å². The maximum absolute atomic E-state index is 12.1. The Kier molecular flexibility index (Phi) is 6.75. The van der Waals surface area contributed by atoms with Gasteiger partial charge in [-0.25, -0.2) is 0 Å². The number of amides is 2. The molecular weight excluding hydrogens is 312 g/mol. The van der Waals surface area contributed by atoms with Crippen molar-refractivity contribution in [2.75, 3.05) is 13.1 Å². The van der Waals surface area contributed by atoms with Gasteiger partial charge in [0.1, 0.15) is 0 Å². The van der Waals surface area contributed by atoms with E-state index in [1.807, 2.05) is 56.3 Å². The SMILES string of the molecule is CC(=O)N(CCNC(=O)Cc1cccc(C)c1)Cc1cccc(C)c1. The minimum Gasteiger partial charge on any atom is -0.354 e. The van der Waals surface area contributed by atoms with E-state index in [0.717, 1.165) is 16.7 Å². The van der Waals surface area contributed by atoms with E-state index in [0.29, 0.717) is 26.1 Å². The minimum atomic E-state index is -0.0235. The van der Waals surface area contributed by atoms with E-state index < -0.39 is 0 Å². The lowest BCUT2D eigenvalue weighted by Gasteiger charge is -2.21. The predicted molar refractivity (Wildman–Crippen MR) is 100 cm³/mol. The summed E-state index contributed by atoms with van der Waals surface area (Å²) in [4.78, 5) is 25.7. The standard InChI is InChI=1S/C21H26N2O2/c1-16-6-4-8-19(12-16)14-21(25)22-10-11-23(18(3)24)15-20-9-5-7-17(2)13-20/h4-9,12-13H,10-11,14-15H2,1-3H3,(H,22,25). The van der Waals surface area contributed by atoms with E-state index in [1.54, 1.807) is 11.8 Å². The van der Waals surface area contributed by atoms with Crippen LogP contribution in [0.5, 0.6) is 0 Å². The van der Waals surface area contributed by atoms with Gasteiger partial charge in [-0.05, 0) is 25.0 Å². The third kappa shape index (κ3) is 6.42. The summed E-state index contributed by atoms with van der Waals surface area (Å²) in [5, 5.41) is 2.90. The number of hydrogen-bond donors (Lipinski definition) is 1. The molecule has 2 aromatic carbocycles. The van der Waals surface area contributed by atoms with E-state index in [9.17, 15) is 9.59 Å². The van der Waals surface area contributed by atoms with Crippen LogP contribution in [0.4, 0.5) is 0 Å². The smallest absolute Gasteiger partial charge is 0.224 e. The Morgan fingerprint density at radius 1 is 0.960 bits per heavy atom. The maximum Gasteiger partial charge on any atom is 0.224 e. The summed E-state index contributed by atoms with van der Waals surface area (Å²) >= 11 is 0. The number of nitrogens with one attached hydrogen (secondary N) is 1. The van der Waals surface area contributed by atoms with E-state index in [2.05, 4.69) is 11.4 Å². The van der Waals surface area contributed by atoms with Crippen LogP contribution in [0.2, 0.25) is 0 Å². The summed E-state index contributed by atoms with van der Waals surface area (Å²) in [5.41, 5.74) is 4.42. The average Bonchev–Trinajstić information content (AvgIpc) is 2.54. The molecule has 0 bridgehead atoms. The summed E-state index contributed by atoms with van der Waals surface area (Å²) in [6.45, 7) is 7.12. The molecule has 0 fully saturated rings. The zero-order valence-corrected chi connectivity index (χ0v) is 15.2. The monoisotopic (exact) mass is 338 g/mol. The van der Waals surface area contributed by atoms with Gasteiger partial charge in [0, 0.05) is 26.6 Å². The quantitative estimate of drug-likeness (QED) is 0.844. The van der Waals surface area contributed by atoms with Gasteiger partial charge in [0.2, 0.25) is 11.8 Å². The number of carbonyl (C=O) groups is 2. The molecular formula is C21H26N2O2. The van der Waals surface area contributed by atoms with Crippen molar-refractivity contribution in [1.29, 1.82) is 0 Å². The number of hydrogen-bond acceptors (Lipinski definition) is 2. The molecule has 0 radical (unpaired) electrons. The molecule has 0 saturated carbocycles. The number of aryl methyl sites for hydroxylation is 2. The average molecular weight is 338 g/mol. The predicted octanol–water partition coefficient (Wildman–Crippen LogP) is 3.01. The molecule has 0 atom stereocenters. The second-order valence-electron chi connectivity index (χ2n) is 6.45. The van der Waals surface area contributed by atoms with Gasteiger partial charge in [0.15, 0.2) is 0 Å². The first-order valence-corrected chi connectivity index (χ1v) is 8.57. The molecule has 0 heterocycles. The van der Waals surface area contributed by atoms with E-state index in [-0.39, 0.29) is 11.8 Å². The fourth-order valence-corrected chi connectivity index (χ4v) is 2.78. The highest BCUT2D eigenvalue weighted by atomic mass is 16.2. The van der Waals surface area contributed by atoms with E-state index in [1.165, 1.54) is 5.56 Å². The number of rotatable bonds is 7. The molecule has 2 aromatic rings. The van der Waals surface area contributed by atoms with Gasteiger partial charge < -0.3 is 10.2 Å². The summed E-state index contributed by atoms with van der Waals surface area (Å²) in [6.07, 6.45) is 0.361. The number of benzene rings is 2. The highest BCUT2D eigenvalue weighted by Crippen LogP contribution is 2.08. The Labute approximate surface area is 149 Å². The third-order valence-corrected chi connectivity index (χ3v) is 4.05. The topological polar surface area (TPSA) is 49.4 Å². The van der Waals surface area contributed by atoms with E-state index in [4.69, 9.17) is 0 Å². The van der Waals surface area contributed by atoms with Crippen molar-refractivity contribution >= 4 is 11.8 Å². The second-order valence-corrected chi connectivity index (χ2v) is 6.45. The molecule has 4 heteroatoms. The maximum atomic E-state index is 12.1. The van der Waals surface area contributed by atoms with Crippen LogP contribution in [0.1, 0.15) is 29.2 Å². The van der Waals surface area contributed by atoms with Crippen molar-refractivity contribution in [3.8, 4) is 0 Å². The largest absolute Gasteiger partial charge is 0.354 e. The lowest BCUT2D eigenvalue weighted by molar-refractivity contribution is -0.130. The zero-order chi connectivity index (χ0) is 18.2. The Morgan fingerprint density at radius 2 is 1.56 bits per heavy atom. The molecule has 0 aliphatic heterocycles. The first-order chi connectivity index (χ1) is 11.9. The highest BCUT2D eigenvalue weighted by Gasteiger charge is 2.10. The fraction of sp³-hybridized carbons (Fsp3) is 0.333. The second kappa shape index (κ2) is 9.02. The molecule has 2 amide bonds. The number of carbonyl (C=O) groups excluding carboxylic acids is 2. The molecule has 0 aliphatic rings. The molecule has 1 N–H and O–H groups in total. The highest BCUT2D eigenvalue weighted by molar-refractivity contribution is 5.78.